The number of nitrogens with two attached hydrogens (primary N) is 1. The molecular formula is C16H21ClN2O2. The third-order valence-electron chi connectivity index (χ3n) is 4.83. The number of halogens is 1. The summed E-state index contributed by atoms with van der Waals surface area (Å²) in [4.78, 5) is 14.2. The molecule has 0 bridgehead atoms. The van der Waals surface area contributed by atoms with E-state index in [1.807, 2.05) is 30.0 Å². The van der Waals surface area contributed by atoms with Gasteiger partial charge >= 0.3 is 0 Å². The Morgan fingerprint density at radius 3 is 3.00 bits per heavy atom. The summed E-state index contributed by atoms with van der Waals surface area (Å²) < 4.78 is 5.63. The van der Waals surface area contributed by atoms with Crippen LogP contribution in [0.5, 0.6) is 5.75 Å². The van der Waals surface area contributed by atoms with Crippen molar-refractivity contribution in [2.75, 3.05) is 19.7 Å². The van der Waals surface area contributed by atoms with Gasteiger partial charge in [0, 0.05) is 29.7 Å². The first kappa shape index (κ1) is 14.7. The molecular weight excluding hydrogens is 288 g/mol. The standard InChI is InChI=1S/C16H21ClN2O2/c1-10-13(17)3-2-4-15(10)21-9-16(20)19-7-11-5-6-14(18)12(11)8-19/h2-4,11-12,14H,5-9,18H2,1H3. The van der Waals surface area contributed by atoms with Crippen LogP contribution in [-0.2, 0) is 4.79 Å². The zero-order chi connectivity index (χ0) is 15.0. The molecule has 1 aliphatic carbocycles. The lowest BCUT2D eigenvalue weighted by Crippen LogP contribution is -2.36. The van der Waals surface area contributed by atoms with Gasteiger partial charge in [0.25, 0.3) is 5.91 Å². The Kier molecular flexibility index (Phi) is 4.09. The minimum Gasteiger partial charge on any atom is -0.483 e. The van der Waals surface area contributed by atoms with Crippen LogP contribution in [0.4, 0.5) is 0 Å². The summed E-state index contributed by atoms with van der Waals surface area (Å²) in [6.07, 6.45) is 2.24. The van der Waals surface area contributed by atoms with Crippen LogP contribution in [0.2, 0.25) is 5.02 Å². The van der Waals surface area contributed by atoms with Gasteiger partial charge in [-0.2, -0.15) is 0 Å². The Morgan fingerprint density at radius 2 is 2.24 bits per heavy atom. The van der Waals surface area contributed by atoms with Crippen molar-refractivity contribution < 1.29 is 9.53 Å². The molecule has 0 aromatic heterocycles. The van der Waals surface area contributed by atoms with Gasteiger partial charge in [0.05, 0.1) is 0 Å². The van der Waals surface area contributed by atoms with Crippen molar-refractivity contribution in [3.63, 3.8) is 0 Å². The van der Waals surface area contributed by atoms with Gasteiger partial charge in [-0.25, -0.2) is 0 Å². The molecule has 1 saturated carbocycles. The van der Waals surface area contributed by atoms with Crippen molar-refractivity contribution in [1.29, 1.82) is 0 Å². The largest absolute Gasteiger partial charge is 0.483 e. The second-order valence-corrected chi connectivity index (χ2v) is 6.52. The molecule has 5 heteroatoms. The van der Waals surface area contributed by atoms with Crippen LogP contribution < -0.4 is 10.5 Å². The number of ether oxygens (including phenoxy) is 1. The second kappa shape index (κ2) is 5.85. The van der Waals surface area contributed by atoms with Crippen LogP contribution in [0.3, 0.4) is 0 Å². The Labute approximate surface area is 130 Å². The molecule has 3 rings (SSSR count). The van der Waals surface area contributed by atoms with Crippen LogP contribution in [0.1, 0.15) is 18.4 Å². The lowest BCUT2D eigenvalue weighted by atomic mass is 9.98. The molecule has 3 unspecified atom stereocenters. The van der Waals surface area contributed by atoms with Gasteiger partial charge in [-0.05, 0) is 43.7 Å². The van der Waals surface area contributed by atoms with E-state index in [0.29, 0.717) is 22.6 Å². The van der Waals surface area contributed by atoms with Crippen LogP contribution in [0.25, 0.3) is 0 Å². The van der Waals surface area contributed by atoms with Crippen molar-refractivity contribution in [2.24, 2.45) is 17.6 Å². The van der Waals surface area contributed by atoms with E-state index in [0.717, 1.165) is 31.5 Å². The SMILES string of the molecule is Cc1c(Cl)cccc1OCC(=O)N1CC2CCC(N)C2C1. The normalized spacial score (nSPS) is 27.8. The number of nitrogens with zero attached hydrogens (tertiary/aromatic N) is 1. The molecule has 1 saturated heterocycles. The number of hydrogen-bond acceptors (Lipinski definition) is 3. The molecule has 1 aromatic rings. The number of carbonyl (C=O) groups is 1. The van der Waals surface area contributed by atoms with E-state index in [1.54, 1.807) is 0 Å². The zero-order valence-electron chi connectivity index (χ0n) is 12.2. The summed E-state index contributed by atoms with van der Waals surface area (Å²) in [6, 6.07) is 5.73. The van der Waals surface area contributed by atoms with Gasteiger partial charge in [0.15, 0.2) is 6.61 Å². The lowest BCUT2D eigenvalue weighted by molar-refractivity contribution is -0.132. The quantitative estimate of drug-likeness (QED) is 0.931. The minimum absolute atomic E-state index is 0.0379. The molecule has 114 valence electrons. The third-order valence-corrected chi connectivity index (χ3v) is 5.24. The Hall–Kier alpha value is -1.26. The number of fused-ring (bicyclic) bond motifs is 1. The number of carbonyl (C=O) groups excluding carboxylic acids is 1. The monoisotopic (exact) mass is 308 g/mol. The molecule has 1 heterocycles. The maximum absolute atomic E-state index is 12.3. The molecule has 3 atom stereocenters. The predicted octanol–water partition coefficient (Wildman–Crippen LogP) is 2.22. The summed E-state index contributed by atoms with van der Waals surface area (Å²) in [5.74, 6) is 1.77. The smallest absolute Gasteiger partial charge is 0.260 e. The third kappa shape index (κ3) is 2.87. The van der Waals surface area contributed by atoms with Gasteiger partial charge < -0.3 is 15.4 Å². The molecule has 1 aliphatic heterocycles. The van der Waals surface area contributed by atoms with E-state index in [2.05, 4.69) is 0 Å². The number of benzene rings is 1. The van der Waals surface area contributed by atoms with Gasteiger partial charge in [-0.3, -0.25) is 4.79 Å². The molecule has 2 fully saturated rings. The van der Waals surface area contributed by atoms with Crippen molar-refractivity contribution in [3.8, 4) is 5.75 Å². The first-order chi connectivity index (χ1) is 10.1. The molecule has 2 aliphatic rings. The fourth-order valence-electron chi connectivity index (χ4n) is 3.49. The molecule has 1 amide bonds. The first-order valence-electron chi connectivity index (χ1n) is 7.47. The average Bonchev–Trinajstić information content (AvgIpc) is 3.03. The van der Waals surface area contributed by atoms with E-state index in [9.17, 15) is 4.79 Å². The fraction of sp³-hybridized carbons (Fsp3) is 0.562. The average molecular weight is 309 g/mol. The van der Waals surface area contributed by atoms with Gasteiger partial charge in [0.1, 0.15) is 5.75 Å². The van der Waals surface area contributed by atoms with E-state index >= 15 is 0 Å². The maximum atomic E-state index is 12.3. The summed E-state index contributed by atoms with van der Waals surface area (Å²) in [5.41, 5.74) is 6.97. The van der Waals surface area contributed by atoms with Gasteiger partial charge in [0.2, 0.25) is 0 Å². The van der Waals surface area contributed by atoms with E-state index < -0.39 is 0 Å². The van der Waals surface area contributed by atoms with Gasteiger partial charge in [-0.1, -0.05) is 17.7 Å². The first-order valence-corrected chi connectivity index (χ1v) is 7.85. The summed E-state index contributed by atoms with van der Waals surface area (Å²) in [5, 5.41) is 0.654. The highest BCUT2D eigenvalue weighted by Crippen LogP contribution is 2.37. The van der Waals surface area contributed by atoms with E-state index in [-0.39, 0.29) is 18.6 Å². The summed E-state index contributed by atoms with van der Waals surface area (Å²) in [7, 11) is 0. The van der Waals surface area contributed by atoms with Crippen molar-refractivity contribution in [1.82, 2.24) is 4.90 Å². The summed E-state index contributed by atoms with van der Waals surface area (Å²) in [6.45, 7) is 3.56. The van der Waals surface area contributed by atoms with Gasteiger partial charge in [-0.15, -0.1) is 0 Å². The van der Waals surface area contributed by atoms with Crippen molar-refractivity contribution in [2.45, 2.75) is 25.8 Å². The highest BCUT2D eigenvalue weighted by atomic mass is 35.5. The highest BCUT2D eigenvalue weighted by Gasteiger charge is 2.42. The van der Waals surface area contributed by atoms with Crippen molar-refractivity contribution >= 4 is 17.5 Å². The van der Waals surface area contributed by atoms with Crippen LogP contribution >= 0.6 is 11.6 Å². The topological polar surface area (TPSA) is 55.6 Å². The molecule has 21 heavy (non-hydrogen) atoms. The molecule has 4 nitrogen and oxygen atoms in total. The molecule has 2 N–H and O–H groups in total. The molecule has 0 radical (unpaired) electrons. The van der Waals surface area contributed by atoms with Crippen LogP contribution in [-0.4, -0.2) is 36.5 Å². The minimum atomic E-state index is 0.0379. The van der Waals surface area contributed by atoms with Crippen LogP contribution in [0, 0.1) is 18.8 Å². The van der Waals surface area contributed by atoms with E-state index in [4.69, 9.17) is 22.1 Å². The number of hydrogen-bond donors (Lipinski definition) is 1. The number of rotatable bonds is 3. The maximum Gasteiger partial charge on any atom is 0.260 e. The van der Waals surface area contributed by atoms with E-state index in [1.165, 1.54) is 0 Å². The summed E-state index contributed by atoms with van der Waals surface area (Å²) >= 11 is 6.05. The molecule has 1 aromatic carbocycles. The zero-order valence-corrected chi connectivity index (χ0v) is 13.0. The Balaban J connectivity index is 1.57. The second-order valence-electron chi connectivity index (χ2n) is 6.12. The molecule has 0 spiro atoms. The van der Waals surface area contributed by atoms with Crippen molar-refractivity contribution in [3.05, 3.63) is 28.8 Å². The van der Waals surface area contributed by atoms with Crippen LogP contribution in [0.15, 0.2) is 18.2 Å². The Morgan fingerprint density at radius 1 is 1.43 bits per heavy atom. The number of amides is 1. The lowest BCUT2D eigenvalue weighted by Gasteiger charge is -2.19. The highest BCUT2D eigenvalue weighted by molar-refractivity contribution is 6.31. The fourth-order valence-corrected chi connectivity index (χ4v) is 3.65. The number of likely N-dealkylation sites (tertiary alicyclic amines) is 1. The Bertz CT molecular complexity index is 549. The predicted molar refractivity (Wildman–Crippen MR) is 82.5 cm³/mol.